The second kappa shape index (κ2) is 4.75. The summed E-state index contributed by atoms with van der Waals surface area (Å²) >= 11 is 0. The minimum Gasteiger partial charge on any atom is -0.497 e. The van der Waals surface area contributed by atoms with Gasteiger partial charge in [-0.25, -0.2) is 4.98 Å². The third-order valence-corrected chi connectivity index (χ3v) is 6.06. The zero-order chi connectivity index (χ0) is 12.3. The van der Waals surface area contributed by atoms with E-state index in [9.17, 15) is 0 Å². The number of aromatic nitrogens is 2. The Kier molecular flexibility index (Phi) is 3.33. The Labute approximate surface area is 103 Å². The first-order valence-corrected chi connectivity index (χ1v) is 8.93. The Morgan fingerprint density at radius 3 is 2.47 bits per heavy atom. The van der Waals surface area contributed by atoms with Gasteiger partial charge in [-0.3, -0.25) is 0 Å². The smallest absolute Gasteiger partial charge is 0.118 e. The molecule has 0 spiro atoms. The van der Waals surface area contributed by atoms with Crippen LogP contribution < -0.4 is 9.92 Å². The Morgan fingerprint density at radius 1 is 1.24 bits per heavy atom. The maximum absolute atomic E-state index is 5.19. The first kappa shape index (κ1) is 11.9. The molecular formula is C13H18N2OSi. The average Bonchev–Trinajstić information content (AvgIpc) is 2.81. The van der Waals surface area contributed by atoms with Crippen LogP contribution >= 0.6 is 0 Å². The SMILES string of the molecule is COc1ccc([Si](C)(C)Cn2ccnc2)cc1. The van der Waals surface area contributed by atoms with Gasteiger partial charge in [0.05, 0.1) is 13.4 Å². The monoisotopic (exact) mass is 246 g/mol. The van der Waals surface area contributed by atoms with Crippen molar-refractivity contribution in [2.75, 3.05) is 7.11 Å². The summed E-state index contributed by atoms with van der Waals surface area (Å²) in [4.78, 5) is 4.09. The molecule has 0 aliphatic carbocycles. The molecule has 1 heterocycles. The predicted molar refractivity (Wildman–Crippen MR) is 72.3 cm³/mol. The molecule has 4 heteroatoms. The van der Waals surface area contributed by atoms with Crippen molar-refractivity contribution in [1.29, 1.82) is 0 Å². The summed E-state index contributed by atoms with van der Waals surface area (Å²) in [5, 5.41) is 1.44. The fraction of sp³-hybridized carbons (Fsp3) is 0.308. The van der Waals surface area contributed by atoms with E-state index >= 15 is 0 Å². The average molecular weight is 246 g/mol. The highest BCUT2D eigenvalue weighted by atomic mass is 28.3. The molecule has 0 unspecified atom stereocenters. The lowest BCUT2D eigenvalue weighted by atomic mass is 10.3. The van der Waals surface area contributed by atoms with Crippen molar-refractivity contribution in [2.24, 2.45) is 0 Å². The number of rotatable bonds is 4. The van der Waals surface area contributed by atoms with Crippen LogP contribution in [0.4, 0.5) is 0 Å². The minimum absolute atomic E-state index is 0.918. The third-order valence-electron chi connectivity index (χ3n) is 3.01. The fourth-order valence-corrected chi connectivity index (χ4v) is 4.32. The topological polar surface area (TPSA) is 27.1 Å². The van der Waals surface area contributed by atoms with Crippen molar-refractivity contribution in [1.82, 2.24) is 9.55 Å². The number of benzene rings is 1. The molecule has 17 heavy (non-hydrogen) atoms. The van der Waals surface area contributed by atoms with E-state index in [1.807, 2.05) is 30.9 Å². The van der Waals surface area contributed by atoms with Crippen LogP contribution in [0, 0.1) is 0 Å². The molecule has 1 aromatic carbocycles. The van der Waals surface area contributed by atoms with Crippen molar-refractivity contribution < 1.29 is 4.74 Å². The van der Waals surface area contributed by atoms with Gasteiger partial charge in [-0.2, -0.15) is 0 Å². The molecule has 2 rings (SSSR count). The molecule has 1 aromatic heterocycles. The highest BCUT2D eigenvalue weighted by Crippen LogP contribution is 2.11. The molecular weight excluding hydrogens is 228 g/mol. The van der Waals surface area contributed by atoms with Gasteiger partial charge in [-0.05, 0) is 12.1 Å². The number of methoxy groups -OCH3 is 1. The lowest BCUT2D eigenvalue weighted by Gasteiger charge is -2.23. The quantitative estimate of drug-likeness (QED) is 0.772. The number of nitrogens with zero attached hydrogens (tertiary/aromatic N) is 2. The standard InChI is InChI=1S/C13H18N2OSi/c1-16-12-4-6-13(7-5-12)17(2,3)11-15-9-8-14-10-15/h4-10H,11H2,1-3H3. The summed E-state index contributed by atoms with van der Waals surface area (Å²) in [6.45, 7) is 4.74. The number of ether oxygens (including phenoxy) is 1. The van der Waals surface area contributed by atoms with Crippen LogP contribution in [0.1, 0.15) is 0 Å². The number of imidazole rings is 1. The Hall–Kier alpha value is -1.55. The van der Waals surface area contributed by atoms with Gasteiger partial charge in [0.25, 0.3) is 0 Å². The van der Waals surface area contributed by atoms with Crippen LogP contribution in [0.5, 0.6) is 5.75 Å². The molecule has 0 aliphatic rings. The molecule has 0 amide bonds. The van der Waals surface area contributed by atoms with Gasteiger partial charge in [0, 0.05) is 18.6 Å². The first-order valence-electron chi connectivity index (χ1n) is 5.72. The second-order valence-corrected chi connectivity index (χ2v) is 9.51. The molecule has 3 nitrogen and oxygen atoms in total. The molecule has 0 atom stereocenters. The van der Waals surface area contributed by atoms with Crippen molar-refractivity contribution >= 4 is 13.3 Å². The lowest BCUT2D eigenvalue weighted by molar-refractivity contribution is 0.415. The molecule has 0 saturated carbocycles. The maximum Gasteiger partial charge on any atom is 0.118 e. The van der Waals surface area contributed by atoms with Gasteiger partial charge < -0.3 is 9.30 Å². The second-order valence-electron chi connectivity index (χ2n) is 4.85. The van der Waals surface area contributed by atoms with Gasteiger partial charge in [0.2, 0.25) is 0 Å². The van der Waals surface area contributed by atoms with E-state index in [4.69, 9.17) is 4.74 Å². The largest absolute Gasteiger partial charge is 0.497 e. The lowest BCUT2D eigenvalue weighted by Crippen LogP contribution is -2.45. The highest BCUT2D eigenvalue weighted by molar-refractivity contribution is 6.88. The summed E-state index contributed by atoms with van der Waals surface area (Å²) in [6, 6.07) is 8.44. The van der Waals surface area contributed by atoms with Gasteiger partial charge in [0.15, 0.2) is 0 Å². The van der Waals surface area contributed by atoms with E-state index in [1.54, 1.807) is 7.11 Å². The molecule has 0 radical (unpaired) electrons. The molecule has 0 fully saturated rings. The summed E-state index contributed by atoms with van der Waals surface area (Å²) in [7, 11) is 0.245. The highest BCUT2D eigenvalue weighted by Gasteiger charge is 2.23. The van der Waals surface area contributed by atoms with E-state index in [-0.39, 0.29) is 0 Å². The maximum atomic E-state index is 5.19. The van der Waals surface area contributed by atoms with E-state index in [1.165, 1.54) is 5.19 Å². The summed E-state index contributed by atoms with van der Waals surface area (Å²) in [6.07, 6.45) is 6.80. The van der Waals surface area contributed by atoms with Crippen molar-refractivity contribution in [3.8, 4) is 5.75 Å². The minimum atomic E-state index is -1.45. The summed E-state index contributed by atoms with van der Waals surface area (Å²) in [5.41, 5.74) is 0. The van der Waals surface area contributed by atoms with Crippen LogP contribution in [0.15, 0.2) is 43.0 Å². The normalized spacial score (nSPS) is 11.5. The van der Waals surface area contributed by atoms with Crippen LogP contribution in [0.2, 0.25) is 13.1 Å². The Morgan fingerprint density at radius 2 is 1.94 bits per heavy atom. The first-order chi connectivity index (χ1) is 8.12. The zero-order valence-corrected chi connectivity index (χ0v) is 11.6. The van der Waals surface area contributed by atoms with E-state index in [2.05, 4.69) is 34.8 Å². The van der Waals surface area contributed by atoms with E-state index < -0.39 is 8.07 Å². The van der Waals surface area contributed by atoms with Crippen molar-refractivity contribution in [2.45, 2.75) is 19.3 Å². The molecule has 0 saturated heterocycles. The van der Waals surface area contributed by atoms with Crippen LogP contribution in [0.3, 0.4) is 0 Å². The van der Waals surface area contributed by atoms with Crippen LogP contribution in [-0.4, -0.2) is 24.7 Å². The number of hydrogen-bond acceptors (Lipinski definition) is 2. The van der Waals surface area contributed by atoms with Crippen molar-refractivity contribution in [3.63, 3.8) is 0 Å². The Bertz CT molecular complexity index is 463. The van der Waals surface area contributed by atoms with Gasteiger partial charge in [-0.15, -0.1) is 0 Å². The predicted octanol–water partition coefficient (Wildman–Crippen LogP) is 2.05. The van der Waals surface area contributed by atoms with Crippen LogP contribution in [-0.2, 0) is 6.17 Å². The van der Waals surface area contributed by atoms with E-state index in [0.29, 0.717) is 0 Å². The van der Waals surface area contributed by atoms with Crippen molar-refractivity contribution in [3.05, 3.63) is 43.0 Å². The molecule has 0 bridgehead atoms. The van der Waals surface area contributed by atoms with Gasteiger partial charge >= 0.3 is 0 Å². The molecule has 90 valence electrons. The molecule has 0 aliphatic heterocycles. The number of hydrogen-bond donors (Lipinski definition) is 0. The fourth-order valence-electron chi connectivity index (χ4n) is 1.97. The third kappa shape index (κ3) is 2.77. The molecule has 2 aromatic rings. The molecule has 0 N–H and O–H groups in total. The zero-order valence-electron chi connectivity index (χ0n) is 10.6. The Balaban J connectivity index is 2.18. The van der Waals surface area contributed by atoms with E-state index in [0.717, 1.165) is 11.9 Å². The summed E-state index contributed by atoms with van der Waals surface area (Å²) < 4.78 is 7.35. The van der Waals surface area contributed by atoms with Gasteiger partial charge in [0.1, 0.15) is 13.8 Å². The summed E-state index contributed by atoms with van der Waals surface area (Å²) in [5.74, 6) is 0.918. The van der Waals surface area contributed by atoms with Gasteiger partial charge in [-0.1, -0.05) is 30.4 Å². The van der Waals surface area contributed by atoms with Crippen LogP contribution in [0.25, 0.3) is 0 Å².